The number of carbonyl (C=O) groups excluding carboxylic acids is 1. The highest BCUT2D eigenvalue weighted by molar-refractivity contribution is 6.37. The Morgan fingerprint density at radius 1 is 1.22 bits per heavy atom. The number of aromatic nitrogens is 3. The molecular weight excluding hydrogens is 335 g/mol. The van der Waals surface area contributed by atoms with Gasteiger partial charge in [-0.25, -0.2) is 4.98 Å². The van der Waals surface area contributed by atoms with Crippen molar-refractivity contribution in [3.63, 3.8) is 0 Å². The predicted molar refractivity (Wildman–Crippen MR) is 92.4 cm³/mol. The molecule has 0 atom stereocenters. The van der Waals surface area contributed by atoms with Crippen LogP contribution in [0.1, 0.15) is 21.7 Å². The first kappa shape index (κ1) is 15.8. The fraction of sp³-hybridized carbons (Fsp3) is 0.188. The van der Waals surface area contributed by atoms with Crippen molar-refractivity contribution in [2.45, 2.75) is 13.8 Å². The minimum absolute atomic E-state index is 0.263. The molecule has 118 valence electrons. The third-order valence-electron chi connectivity index (χ3n) is 3.52. The SMILES string of the molecule is Cc1cc(C(=O)Nc2ccc(Cl)cc2Cl)c2c(C)nn(C)c2n1. The first-order chi connectivity index (χ1) is 10.9. The summed E-state index contributed by atoms with van der Waals surface area (Å²) in [5.41, 5.74) is 3.19. The molecule has 0 bridgehead atoms. The second kappa shape index (κ2) is 5.83. The number of nitrogens with one attached hydrogen (secondary N) is 1. The largest absolute Gasteiger partial charge is 0.321 e. The van der Waals surface area contributed by atoms with Crippen LogP contribution in [0, 0.1) is 13.8 Å². The van der Waals surface area contributed by atoms with Crippen molar-refractivity contribution >= 4 is 45.8 Å². The van der Waals surface area contributed by atoms with Crippen LogP contribution in [0.4, 0.5) is 5.69 Å². The third-order valence-corrected chi connectivity index (χ3v) is 4.07. The molecule has 23 heavy (non-hydrogen) atoms. The van der Waals surface area contributed by atoms with Crippen LogP contribution >= 0.6 is 23.2 Å². The zero-order valence-corrected chi connectivity index (χ0v) is 14.3. The van der Waals surface area contributed by atoms with E-state index in [1.807, 2.05) is 13.8 Å². The topological polar surface area (TPSA) is 59.8 Å². The number of rotatable bonds is 2. The van der Waals surface area contributed by atoms with Crippen molar-refractivity contribution in [2.24, 2.45) is 7.05 Å². The summed E-state index contributed by atoms with van der Waals surface area (Å²) in [6, 6.07) is 6.67. The smallest absolute Gasteiger partial charge is 0.256 e. The molecule has 0 aliphatic heterocycles. The van der Waals surface area contributed by atoms with Crippen LogP contribution in [0.25, 0.3) is 11.0 Å². The highest BCUT2D eigenvalue weighted by Crippen LogP contribution is 2.27. The Hall–Kier alpha value is -2.11. The average molecular weight is 349 g/mol. The third kappa shape index (κ3) is 2.90. The maximum atomic E-state index is 12.7. The van der Waals surface area contributed by atoms with E-state index in [-0.39, 0.29) is 5.91 Å². The van der Waals surface area contributed by atoms with Crippen LogP contribution in [0.2, 0.25) is 10.0 Å². The first-order valence-corrected chi connectivity index (χ1v) is 7.70. The van der Waals surface area contributed by atoms with Gasteiger partial charge in [0, 0.05) is 17.8 Å². The molecule has 0 saturated carbocycles. The molecule has 1 N–H and O–H groups in total. The van der Waals surface area contributed by atoms with Crippen molar-refractivity contribution in [1.29, 1.82) is 0 Å². The lowest BCUT2D eigenvalue weighted by Crippen LogP contribution is -2.13. The van der Waals surface area contributed by atoms with Crippen molar-refractivity contribution in [3.05, 3.63) is 51.3 Å². The normalized spacial score (nSPS) is 11.0. The van der Waals surface area contributed by atoms with E-state index in [9.17, 15) is 4.79 Å². The zero-order chi connectivity index (χ0) is 16.7. The molecule has 0 saturated heterocycles. The van der Waals surface area contributed by atoms with Gasteiger partial charge in [-0.1, -0.05) is 23.2 Å². The van der Waals surface area contributed by atoms with Crippen LogP contribution in [-0.2, 0) is 7.05 Å². The van der Waals surface area contributed by atoms with E-state index in [1.165, 1.54) is 0 Å². The van der Waals surface area contributed by atoms with Gasteiger partial charge in [-0.05, 0) is 38.1 Å². The maximum Gasteiger partial charge on any atom is 0.256 e. The standard InChI is InChI=1S/C16H14Cl2N4O/c1-8-6-11(14-9(2)21-22(3)15(14)19-8)16(23)20-13-5-4-10(17)7-12(13)18/h4-7H,1-3H3,(H,20,23). The van der Waals surface area contributed by atoms with Gasteiger partial charge >= 0.3 is 0 Å². The predicted octanol–water partition coefficient (Wildman–Crippen LogP) is 4.14. The first-order valence-electron chi connectivity index (χ1n) is 6.94. The van der Waals surface area contributed by atoms with Crippen molar-refractivity contribution in [3.8, 4) is 0 Å². The highest BCUT2D eigenvalue weighted by atomic mass is 35.5. The van der Waals surface area contributed by atoms with Gasteiger partial charge in [-0.3, -0.25) is 9.48 Å². The fourth-order valence-corrected chi connectivity index (χ4v) is 2.99. The molecule has 5 nitrogen and oxygen atoms in total. The zero-order valence-electron chi connectivity index (χ0n) is 12.8. The molecule has 0 aliphatic rings. The number of halogens is 2. The van der Waals surface area contributed by atoms with E-state index < -0.39 is 0 Å². The van der Waals surface area contributed by atoms with E-state index >= 15 is 0 Å². The van der Waals surface area contributed by atoms with E-state index in [4.69, 9.17) is 23.2 Å². The van der Waals surface area contributed by atoms with Crippen molar-refractivity contribution in [2.75, 3.05) is 5.32 Å². The number of hydrogen-bond acceptors (Lipinski definition) is 3. The summed E-state index contributed by atoms with van der Waals surface area (Å²) >= 11 is 12.0. The number of aryl methyl sites for hydroxylation is 3. The number of amides is 1. The molecule has 0 unspecified atom stereocenters. The second-order valence-electron chi connectivity index (χ2n) is 5.30. The van der Waals surface area contributed by atoms with Gasteiger partial charge in [0.1, 0.15) is 0 Å². The minimum Gasteiger partial charge on any atom is -0.321 e. The Kier molecular flexibility index (Phi) is 4.00. The van der Waals surface area contributed by atoms with Crippen molar-refractivity contribution < 1.29 is 4.79 Å². The average Bonchev–Trinajstić information content (AvgIpc) is 2.76. The minimum atomic E-state index is -0.263. The second-order valence-corrected chi connectivity index (χ2v) is 6.14. The molecular formula is C16H14Cl2N4O. The molecule has 7 heteroatoms. The summed E-state index contributed by atoms with van der Waals surface area (Å²) in [5.74, 6) is -0.263. The molecule has 1 amide bonds. The number of carbonyl (C=O) groups is 1. The molecule has 3 aromatic rings. The molecule has 3 rings (SSSR count). The van der Waals surface area contributed by atoms with Crippen LogP contribution in [0.5, 0.6) is 0 Å². The Balaban J connectivity index is 2.07. The summed E-state index contributed by atoms with van der Waals surface area (Å²) in [7, 11) is 1.81. The quantitative estimate of drug-likeness (QED) is 0.756. The van der Waals surface area contributed by atoms with E-state index in [0.29, 0.717) is 26.9 Å². The van der Waals surface area contributed by atoms with Gasteiger partial charge in [-0.15, -0.1) is 0 Å². The Labute approximate surface area is 143 Å². The summed E-state index contributed by atoms with van der Waals surface area (Å²) in [6.45, 7) is 3.69. The van der Waals surface area contributed by atoms with Crippen LogP contribution in [-0.4, -0.2) is 20.7 Å². The Morgan fingerprint density at radius 3 is 2.65 bits per heavy atom. The van der Waals surface area contributed by atoms with E-state index in [1.54, 1.807) is 36.0 Å². The molecule has 0 radical (unpaired) electrons. The molecule has 1 aromatic carbocycles. The lowest BCUT2D eigenvalue weighted by molar-refractivity contribution is 0.102. The number of fused-ring (bicyclic) bond motifs is 1. The lowest BCUT2D eigenvalue weighted by atomic mass is 10.1. The lowest BCUT2D eigenvalue weighted by Gasteiger charge is -2.09. The Morgan fingerprint density at radius 2 is 1.96 bits per heavy atom. The van der Waals surface area contributed by atoms with Gasteiger partial charge in [0.2, 0.25) is 0 Å². The summed E-state index contributed by atoms with van der Waals surface area (Å²) in [5, 5.41) is 8.79. The van der Waals surface area contributed by atoms with E-state index in [2.05, 4.69) is 15.4 Å². The van der Waals surface area contributed by atoms with Crippen LogP contribution in [0.15, 0.2) is 24.3 Å². The molecule has 0 aliphatic carbocycles. The molecule has 0 fully saturated rings. The molecule has 2 heterocycles. The molecule has 2 aromatic heterocycles. The Bertz CT molecular complexity index is 933. The molecule has 0 spiro atoms. The maximum absolute atomic E-state index is 12.7. The summed E-state index contributed by atoms with van der Waals surface area (Å²) in [4.78, 5) is 17.2. The number of nitrogens with zero attached hydrogens (tertiary/aromatic N) is 3. The summed E-state index contributed by atoms with van der Waals surface area (Å²) < 4.78 is 1.67. The van der Waals surface area contributed by atoms with Gasteiger partial charge in [-0.2, -0.15) is 5.10 Å². The van der Waals surface area contributed by atoms with Gasteiger partial charge in [0.15, 0.2) is 5.65 Å². The van der Waals surface area contributed by atoms with Gasteiger partial charge in [0.05, 0.1) is 27.4 Å². The summed E-state index contributed by atoms with van der Waals surface area (Å²) in [6.07, 6.45) is 0. The highest BCUT2D eigenvalue weighted by Gasteiger charge is 2.18. The van der Waals surface area contributed by atoms with Gasteiger partial charge < -0.3 is 5.32 Å². The van der Waals surface area contributed by atoms with Crippen molar-refractivity contribution in [1.82, 2.24) is 14.8 Å². The number of benzene rings is 1. The van der Waals surface area contributed by atoms with Crippen LogP contribution < -0.4 is 5.32 Å². The number of hydrogen-bond donors (Lipinski definition) is 1. The van der Waals surface area contributed by atoms with Crippen LogP contribution in [0.3, 0.4) is 0 Å². The fourth-order valence-electron chi connectivity index (χ4n) is 2.53. The van der Waals surface area contributed by atoms with E-state index in [0.717, 1.165) is 16.8 Å². The monoisotopic (exact) mass is 348 g/mol. The number of anilines is 1. The number of pyridine rings is 1. The van der Waals surface area contributed by atoms with Gasteiger partial charge in [0.25, 0.3) is 5.91 Å².